The molecule has 3 N–H and O–H groups in total. The first-order chi connectivity index (χ1) is 8.74. The van der Waals surface area contributed by atoms with E-state index in [-0.39, 0.29) is 30.7 Å². The minimum atomic E-state index is 0. The lowest BCUT2D eigenvalue weighted by atomic mass is 9.94. The van der Waals surface area contributed by atoms with Crippen molar-refractivity contribution in [1.82, 2.24) is 10.2 Å². The molecule has 1 aliphatic rings. The Kier molecular flexibility index (Phi) is 15.5. The third kappa shape index (κ3) is 9.81. The van der Waals surface area contributed by atoms with Crippen LogP contribution >= 0.6 is 24.8 Å². The second-order valence-corrected chi connectivity index (χ2v) is 5.37. The van der Waals surface area contributed by atoms with Gasteiger partial charge in [-0.1, -0.05) is 19.3 Å². The molecular formula is C14H31Cl2N3O. The van der Waals surface area contributed by atoms with Gasteiger partial charge < -0.3 is 16.0 Å². The molecule has 0 aliphatic heterocycles. The van der Waals surface area contributed by atoms with Crippen molar-refractivity contribution < 1.29 is 4.79 Å². The summed E-state index contributed by atoms with van der Waals surface area (Å²) in [5.74, 6) is 0.140. The molecule has 1 rings (SSSR count). The molecule has 122 valence electrons. The number of rotatable bonds is 8. The Hall–Kier alpha value is -0.0300. The number of hydrogen-bond acceptors (Lipinski definition) is 3. The zero-order valence-corrected chi connectivity index (χ0v) is 14.2. The average Bonchev–Trinajstić information content (AvgIpc) is 2.42. The van der Waals surface area contributed by atoms with Crippen LogP contribution < -0.4 is 11.1 Å². The summed E-state index contributed by atoms with van der Waals surface area (Å²) in [4.78, 5) is 13.8. The van der Waals surface area contributed by atoms with Crippen molar-refractivity contribution in [2.75, 3.05) is 26.7 Å². The first-order valence-corrected chi connectivity index (χ1v) is 7.41. The van der Waals surface area contributed by atoms with Gasteiger partial charge in [-0.2, -0.15) is 0 Å². The Morgan fingerprint density at radius 1 is 1.20 bits per heavy atom. The van der Waals surface area contributed by atoms with Crippen molar-refractivity contribution in [3.05, 3.63) is 0 Å². The third-order valence-corrected chi connectivity index (χ3v) is 3.82. The Morgan fingerprint density at radius 3 is 2.45 bits per heavy atom. The quantitative estimate of drug-likeness (QED) is 0.673. The summed E-state index contributed by atoms with van der Waals surface area (Å²) >= 11 is 0. The van der Waals surface area contributed by atoms with E-state index in [0.29, 0.717) is 13.0 Å². The van der Waals surface area contributed by atoms with Gasteiger partial charge in [-0.05, 0) is 45.8 Å². The van der Waals surface area contributed by atoms with E-state index in [1.54, 1.807) is 0 Å². The third-order valence-electron chi connectivity index (χ3n) is 3.82. The summed E-state index contributed by atoms with van der Waals surface area (Å²) in [5.41, 5.74) is 5.37. The molecule has 0 unspecified atom stereocenters. The van der Waals surface area contributed by atoms with Gasteiger partial charge >= 0.3 is 0 Å². The minimum Gasteiger partial charge on any atom is -0.356 e. The standard InChI is InChI=1S/C14H29N3O.2ClH/c1-17(13-7-3-2-4-8-13)12-6-11-16-14(18)9-5-10-15;;/h13H,2-12,15H2,1H3,(H,16,18);2*1H. The number of amides is 1. The van der Waals surface area contributed by atoms with E-state index in [1.165, 1.54) is 32.1 Å². The number of nitrogens with zero attached hydrogens (tertiary/aromatic N) is 1. The van der Waals surface area contributed by atoms with E-state index in [4.69, 9.17) is 5.73 Å². The molecule has 0 aromatic rings. The molecule has 4 nitrogen and oxygen atoms in total. The number of nitrogens with one attached hydrogen (secondary N) is 1. The maximum atomic E-state index is 11.4. The molecular weight excluding hydrogens is 297 g/mol. The predicted octanol–water partition coefficient (Wildman–Crippen LogP) is 2.34. The van der Waals surface area contributed by atoms with Crippen LogP contribution in [0.5, 0.6) is 0 Å². The summed E-state index contributed by atoms with van der Waals surface area (Å²) in [6, 6.07) is 0.770. The largest absolute Gasteiger partial charge is 0.356 e. The number of carbonyl (C=O) groups is 1. The molecule has 1 amide bonds. The van der Waals surface area contributed by atoms with Gasteiger partial charge in [0.1, 0.15) is 0 Å². The van der Waals surface area contributed by atoms with Gasteiger partial charge in [0.25, 0.3) is 0 Å². The summed E-state index contributed by atoms with van der Waals surface area (Å²) in [6.45, 7) is 2.47. The van der Waals surface area contributed by atoms with E-state index in [1.807, 2.05) is 0 Å². The molecule has 0 bridgehead atoms. The second-order valence-electron chi connectivity index (χ2n) is 5.37. The first-order valence-electron chi connectivity index (χ1n) is 7.41. The maximum Gasteiger partial charge on any atom is 0.220 e. The minimum absolute atomic E-state index is 0. The number of carbonyl (C=O) groups excluding carboxylic acids is 1. The van der Waals surface area contributed by atoms with Crippen molar-refractivity contribution in [3.8, 4) is 0 Å². The SMILES string of the molecule is CN(CCCNC(=O)CCCN)C1CCCCC1.Cl.Cl. The Labute approximate surface area is 136 Å². The fourth-order valence-electron chi connectivity index (χ4n) is 2.61. The monoisotopic (exact) mass is 327 g/mol. The maximum absolute atomic E-state index is 11.4. The van der Waals surface area contributed by atoms with Gasteiger partial charge in [0.2, 0.25) is 5.91 Å². The molecule has 0 spiro atoms. The summed E-state index contributed by atoms with van der Waals surface area (Å²) in [7, 11) is 2.21. The van der Waals surface area contributed by atoms with E-state index in [9.17, 15) is 4.79 Å². The van der Waals surface area contributed by atoms with Crippen molar-refractivity contribution in [2.24, 2.45) is 5.73 Å². The lowest BCUT2D eigenvalue weighted by molar-refractivity contribution is -0.121. The van der Waals surface area contributed by atoms with Crippen LogP contribution in [-0.4, -0.2) is 43.5 Å². The highest BCUT2D eigenvalue weighted by atomic mass is 35.5. The van der Waals surface area contributed by atoms with E-state index < -0.39 is 0 Å². The molecule has 1 aliphatic carbocycles. The van der Waals surface area contributed by atoms with Crippen LogP contribution in [0.2, 0.25) is 0 Å². The number of hydrogen-bond donors (Lipinski definition) is 2. The van der Waals surface area contributed by atoms with Gasteiger partial charge in [0.15, 0.2) is 0 Å². The highest BCUT2D eigenvalue weighted by molar-refractivity contribution is 5.85. The smallest absolute Gasteiger partial charge is 0.220 e. The second kappa shape index (κ2) is 13.9. The normalized spacial score (nSPS) is 15.3. The van der Waals surface area contributed by atoms with Gasteiger partial charge in [0.05, 0.1) is 0 Å². The first kappa shape index (κ1) is 22.3. The number of nitrogens with two attached hydrogens (primary N) is 1. The topological polar surface area (TPSA) is 58.4 Å². The van der Waals surface area contributed by atoms with E-state index in [0.717, 1.165) is 32.0 Å². The summed E-state index contributed by atoms with van der Waals surface area (Å²) in [6.07, 6.45) is 9.25. The van der Waals surface area contributed by atoms with Crippen LogP contribution in [-0.2, 0) is 4.79 Å². The fourth-order valence-corrected chi connectivity index (χ4v) is 2.61. The van der Waals surface area contributed by atoms with Crippen LogP contribution in [0.15, 0.2) is 0 Å². The molecule has 6 heteroatoms. The molecule has 1 saturated carbocycles. The Bertz CT molecular complexity index is 236. The van der Waals surface area contributed by atoms with Gasteiger partial charge in [0, 0.05) is 19.0 Å². The van der Waals surface area contributed by atoms with E-state index in [2.05, 4.69) is 17.3 Å². The van der Waals surface area contributed by atoms with Crippen molar-refractivity contribution in [1.29, 1.82) is 0 Å². The highest BCUT2D eigenvalue weighted by Crippen LogP contribution is 2.21. The summed E-state index contributed by atoms with van der Waals surface area (Å²) < 4.78 is 0. The number of halogens is 2. The molecule has 0 saturated heterocycles. The van der Waals surface area contributed by atoms with Crippen LogP contribution in [0.3, 0.4) is 0 Å². The van der Waals surface area contributed by atoms with Crippen molar-refractivity contribution in [2.45, 2.75) is 57.4 Å². The Balaban J connectivity index is 0. The van der Waals surface area contributed by atoms with Crippen LogP contribution in [0.25, 0.3) is 0 Å². The van der Waals surface area contributed by atoms with Crippen LogP contribution in [0, 0.1) is 0 Å². The molecule has 20 heavy (non-hydrogen) atoms. The van der Waals surface area contributed by atoms with E-state index >= 15 is 0 Å². The molecule has 0 aromatic carbocycles. The highest BCUT2D eigenvalue weighted by Gasteiger charge is 2.17. The molecule has 0 heterocycles. The zero-order chi connectivity index (χ0) is 13.2. The zero-order valence-electron chi connectivity index (χ0n) is 12.6. The van der Waals surface area contributed by atoms with Crippen LogP contribution in [0.4, 0.5) is 0 Å². The molecule has 1 fully saturated rings. The van der Waals surface area contributed by atoms with Gasteiger partial charge in [-0.15, -0.1) is 24.8 Å². The molecule has 0 radical (unpaired) electrons. The van der Waals surface area contributed by atoms with Crippen molar-refractivity contribution in [3.63, 3.8) is 0 Å². The molecule has 0 atom stereocenters. The fraction of sp³-hybridized carbons (Fsp3) is 0.929. The van der Waals surface area contributed by atoms with Gasteiger partial charge in [-0.3, -0.25) is 4.79 Å². The summed E-state index contributed by atoms with van der Waals surface area (Å²) in [5, 5.41) is 2.95. The van der Waals surface area contributed by atoms with Gasteiger partial charge in [-0.25, -0.2) is 0 Å². The van der Waals surface area contributed by atoms with Crippen molar-refractivity contribution >= 4 is 30.7 Å². The predicted molar refractivity (Wildman–Crippen MR) is 89.9 cm³/mol. The lowest BCUT2D eigenvalue weighted by Crippen LogP contribution is -2.35. The van der Waals surface area contributed by atoms with Crippen LogP contribution in [0.1, 0.15) is 51.4 Å². The lowest BCUT2D eigenvalue weighted by Gasteiger charge is -2.31. The average molecular weight is 328 g/mol. The Morgan fingerprint density at radius 2 is 1.85 bits per heavy atom. The molecule has 0 aromatic heterocycles.